The van der Waals surface area contributed by atoms with Crippen molar-refractivity contribution < 1.29 is 0 Å². The molecule has 100 valence electrons. The summed E-state index contributed by atoms with van der Waals surface area (Å²) in [5.41, 5.74) is 7.77. The first-order chi connectivity index (χ1) is 9.59. The highest BCUT2D eigenvalue weighted by Gasteiger charge is 2.11. The number of anilines is 1. The van der Waals surface area contributed by atoms with Crippen LogP contribution in [0, 0.1) is 6.92 Å². The summed E-state index contributed by atoms with van der Waals surface area (Å²) < 4.78 is 2.51. The van der Waals surface area contributed by atoms with Gasteiger partial charge in [0.1, 0.15) is 5.82 Å². The molecule has 0 bridgehead atoms. The van der Waals surface area contributed by atoms with Crippen LogP contribution in [0.5, 0.6) is 0 Å². The van der Waals surface area contributed by atoms with E-state index in [2.05, 4.69) is 15.9 Å². The summed E-state index contributed by atoms with van der Waals surface area (Å²) in [7, 11) is 0. The van der Waals surface area contributed by atoms with Crippen molar-refractivity contribution >= 4 is 32.5 Å². The van der Waals surface area contributed by atoms with Crippen LogP contribution in [-0.2, 0) is 0 Å². The lowest BCUT2D eigenvalue weighted by Gasteiger charge is -2.14. The minimum Gasteiger partial charge on any atom is -0.385 e. The maximum atomic E-state index is 12.7. The van der Waals surface area contributed by atoms with Crippen molar-refractivity contribution in [3.8, 4) is 5.69 Å². The molecular weight excluding hydrogens is 316 g/mol. The highest BCUT2D eigenvalue weighted by molar-refractivity contribution is 9.10. The Morgan fingerprint density at radius 2 is 1.85 bits per heavy atom. The average Bonchev–Trinajstić information content (AvgIpc) is 2.43. The van der Waals surface area contributed by atoms with Crippen LogP contribution in [0.25, 0.3) is 16.5 Å². The summed E-state index contributed by atoms with van der Waals surface area (Å²) in [5.74, 6) is 0.440. The molecule has 2 N–H and O–H groups in total. The van der Waals surface area contributed by atoms with E-state index in [4.69, 9.17) is 5.73 Å². The van der Waals surface area contributed by atoms with Gasteiger partial charge in [-0.15, -0.1) is 0 Å². The molecule has 0 aliphatic carbocycles. The number of nitrogens with zero attached hydrogens (tertiary/aromatic N) is 1. The zero-order valence-corrected chi connectivity index (χ0v) is 12.5. The quantitative estimate of drug-likeness (QED) is 0.741. The standard InChI is InChI=1S/C16H13BrN2O/c1-10-13(17)7-4-8-14(10)19-15(18)9-11-5-2-3-6-12(11)16(19)20/h2-9H,18H2,1H3. The molecule has 0 spiro atoms. The van der Waals surface area contributed by atoms with E-state index in [9.17, 15) is 4.79 Å². The summed E-state index contributed by atoms with van der Waals surface area (Å²) in [6, 6.07) is 15.0. The Labute approximate surface area is 124 Å². The molecule has 0 saturated heterocycles. The van der Waals surface area contributed by atoms with Crippen LogP contribution in [0.2, 0.25) is 0 Å². The van der Waals surface area contributed by atoms with Crippen molar-refractivity contribution in [2.45, 2.75) is 6.92 Å². The average molecular weight is 329 g/mol. The fraction of sp³-hybridized carbons (Fsp3) is 0.0625. The molecular formula is C16H13BrN2O. The maximum Gasteiger partial charge on any atom is 0.264 e. The Morgan fingerprint density at radius 1 is 1.10 bits per heavy atom. The number of fused-ring (bicyclic) bond motifs is 1. The normalized spacial score (nSPS) is 10.9. The monoisotopic (exact) mass is 328 g/mol. The minimum atomic E-state index is -0.0956. The zero-order valence-electron chi connectivity index (χ0n) is 10.9. The van der Waals surface area contributed by atoms with Gasteiger partial charge in [0.25, 0.3) is 5.56 Å². The first-order valence-corrected chi connectivity index (χ1v) is 7.04. The maximum absolute atomic E-state index is 12.7. The first kappa shape index (κ1) is 12.9. The van der Waals surface area contributed by atoms with Crippen molar-refractivity contribution in [1.82, 2.24) is 4.57 Å². The Hall–Kier alpha value is -2.07. The Kier molecular flexibility index (Phi) is 3.10. The minimum absolute atomic E-state index is 0.0956. The highest BCUT2D eigenvalue weighted by Crippen LogP contribution is 2.24. The Morgan fingerprint density at radius 3 is 2.65 bits per heavy atom. The molecule has 0 aliphatic heterocycles. The molecule has 1 aromatic heterocycles. The van der Waals surface area contributed by atoms with Crippen molar-refractivity contribution in [3.05, 3.63) is 68.9 Å². The smallest absolute Gasteiger partial charge is 0.264 e. The fourth-order valence-corrected chi connectivity index (χ4v) is 2.72. The van der Waals surface area contributed by atoms with Crippen LogP contribution in [0.4, 0.5) is 5.82 Å². The molecule has 0 saturated carbocycles. The molecule has 3 rings (SSSR count). The summed E-state index contributed by atoms with van der Waals surface area (Å²) in [6.07, 6.45) is 0. The summed E-state index contributed by atoms with van der Waals surface area (Å²) in [4.78, 5) is 12.7. The number of rotatable bonds is 1. The molecule has 0 aliphatic rings. The van der Waals surface area contributed by atoms with E-state index < -0.39 is 0 Å². The van der Waals surface area contributed by atoms with Crippen molar-refractivity contribution in [2.75, 3.05) is 5.73 Å². The predicted octanol–water partition coefficient (Wildman–Crippen LogP) is 3.64. The van der Waals surface area contributed by atoms with Crippen molar-refractivity contribution in [3.63, 3.8) is 0 Å². The predicted molar refractivity (Wildman–Crippen MR) is 86.4 cm³/mol. The number of hydrogen-bond donors (Lipinski definition) is 1. The van der Waals surface area contributed by atoms with Gasteiger partial charge in [-0.3, -0.25) is 9.36 Å². The molecule has 0 atom stereocenters. The van der Waals surface area contributed by atoms with Crippen LogP contribution in [0.15, 0.2) is 57.8 Å². The van der Waals surface area contributed by atoms with E-state index in [-0.39, 0.29) is 5.56 Å². The van der Waals surface area contributed by atoms with Crippen molar-refractivity contribution in [2.24, 2.45) is 0 Å². The molecule has 3 nitrogen and oxygen atoms in total. The lowest BCUT2D eigenvalue weighted by atomic mass is 10.1. The molecule has 4 heteroatoms. The van der Waals surface area contributed by atoms with Crippen molar-refractivity contribution in [1.29, 1.82) is 0 Å². The van der Waals surface area contributed by atoms with Gasteiger partial charge in [0.2, 0.25) is 0 Å². The number of nitrogens with two attached hydrogens (primary N) is 1. The van der Waals surface area contributed by atoms with Crippen LogP contribution in [-0.4, -0.2) is 4.57 Å². The van der Waals surface area contributed by atoms with Gasteiger partial charge < -0.3 is 5.73 Å². The van der Waals surface area contributed by atoms with E-state index in [0.717, 1.165) is 21.1 Å². The third kappa shape index (κ3) is 1.93. The molecule has 2 aromatic carbocycles. The van der Waals surface area contributed by atoms with Gasteiger partial charge >= 0.3 is 0 Å². The number of pyridine rings is 1. The third-order valence-electron chi connectivity index (χ3n) is 3.44. The topological polar surface area (TPSA) is 48.0 Å². The third-order valence-corrected chi connectivity index (χ3v) is 4.29. The fourth-order valence-electron chi connectivity index (χ4n) is 2.37. The largest absolute Gasteiger partial charge is 0.385 e. The lowest BCUT2D eigenvalue weighted by molar-refractivity contribution is 1.01. The van der Waals surface area contributed by atoms with E-state index in [1.54, 1.807) is 4.57 Å². The van der Waals surface area contributed by atoms with Gasteiger partial charge in [0.15, 0.2) is 0 Å². The van der Waals surface area contributed by atoms with E-state index in [1.165, 1.54) is 0 Å². The van der Waals surface area contributed by atoms with Gasteiger partial charge in [-0.2, -0.15) is 0 Å². The number of benzene rings is 2. The molecule has 0 radical (unpaired) electrons. The number of halogens is 1. The van der Waals surface area contributed by atoms with Gasteiger partial charge in [-0.25, -0.2) is 0 Å². The second-order valence-corrected chi connectivity index (χ2v) is 5.54. The second kappa shape index (κ2) is 4.80. The molecule has 0 unspecified atom stereocenters. The van der Waals surface area contributed by atoms with Crippen LogP contribution in [0.3, 0.4) is 0 Å². The molecule has 3 aromatic rings. The molecule has 1 heterocycles. The Balaban J connectivity index is 2.43. The first-order valence-electron chi connectivity index (χ1n) is 6.25. The number of nitrogen functional groups attached to an aromatic ring is 1. The molecule has 0 fully saturated rings. The van der Waals surface area contributed by atoms with Gasteiger partial charge in [0, 0.05) is 9.86 Å². The Bertz CT molecular complexity index is 868. The number of hydrogen-bond acceptors (Lipinski definition) is 2. The van der Waals surface area contributed by atoms with Crippen LogP contribution >= 0.6 is 15.9 Å². The number of aromatic nitrogens is 1. The van der Waals surface area contributed by atoms with E-state index in [0.29, 0.717) is 11.2 Å². The SMILES string of the molecule is Cc1c(Br)cccc1-n1c(N)cc2ccccc2c1=O. The lowest BCUT2D eigenvalue weighted by Crippen LogP contribution is -2.22. The summed E-state index contributed by atoms with van der Waals surface area (Å²) in [6.45, 7) is 1.96. The molecule has 0 amide bonds. The van der Waals surface area contributed by atoms with Crippen LogP contribution < -0.4 is 11.3 Å². The van der Waals surface area contributed by atoms with Gasteiger partial charge in [-0.05, 0) is 42.1 Å². The molecule has 20 heavy (non-hydrogen) atoms. The second-order valence-electron chi connectivity index (χ2n) is 4.68. The zero-order chi connectivity index (χ0) is 14.3. The summed E-state index contributed by atoms with van der Waals surface area (Å²) in [5, 5.41) is 1.53. The summed E-state index contributed by atoms with van der Waals surface area (Å²) >= 11 is 3.49. The van der Waals surface area contributed by atoms with Crippen LogP contribution in [0.1, 0.15) is 5.56 Å². The van der Waals surface area contributed by atoms with Gasteiger partial charge in [0.05, 0.1) is 5.69 Å². The van der Waals surface area contributed by atoms with Gasteiger partial charge in [-0.1, -0.05) is 40.2 Å². The van der Waals surface area contributed by atoms with E-state index >= 15 is 0 Å². The van der Waals surface area contributed by atoms with E-state index in [1.807, 2.05) is 55.5 Å². The highest BCUT2D eigenvalue weighted by atomic mass is 79.9.